The number of hydrogen-bond acceptors (Lipinski definition) is 5. The molecular weight excluding hydrogens is 443 g/mol. The average molecular weight is 460 g/mol. The monoisotopic (exact) mass is 459 g/mol. The molecule has 0 radical (unpaired) electrons. The van der Waals surface area contributed by atoms with Crippen molar-refractivity contribution >= 4 is 27.6 Å². The molecule has 2 aromatic heterocycles. The van der Waals surface area contributed by atoms with Gasteiger partial charge in [-0.3, -0.25) is 14.6 Å². The van der Waals surface area contributed by atoms with Gasteiger partial charge in [0.25, 0.3) is 5.91 Å². The van der Waals surface area contributed by atoms with Crippen LogP contribution < -0.4 is 10.1 Å². The lowest BCUT2D eigenvalue weighted by Gasteiger charge is -2.11. The molecule has 0 unspecified atom stereocenters. The predicted molar refractivity (Wildman–Crippen MR) is 97.9 cm³/mol. The van der Waals surface area contributed by atoms with E-state index in [2.05, 4.69) is 36.0 Å². The molecule has 2 rings (SSSR count). The summed E-state index contributed by atoms with van der Waals surface area (Å²) in [5, 5.41) is 2.68. The standard InChI is InChI=1S/C18H17BrF3N3O3/c1-2-14(26)7-13-6-12(3-4-23-13)16(27)24-8-11-5-15(19)17(25-9-11)28-10-18(20,21)22/h3-6,9H,2,7-8,10H2,1H3,(H,24,27). The molecular formula is C18H17BrF3N3O3. The Morgan fingerprint density at radius 2 is 2.00 bits per heavy atom. The molecule has 0 aliphatic heterocycles. The number of nitrogens with zero attached hydrogens (tertiary/aromatic N) is 2. The predicted octanol–water partition coefficient (Wildman–Crippen LogP) is 3.63. The topological polar surface area (TPSA) is 81.2 Å². The molecule has 0 aromatic carbocycles. The van der Waals surface area contributed by atoms with Gasteiger partial charge in [0.15, 0.2) is 6.61 Å². The summed E-state index contributed by atoms with van der Waals surface area (Å²) in [6, 6.07) is 4.58. The van der Waals surface area contributed by atoms with E-state index < -0.39 is 12.8 Å². The number of carbonyl (C=O) groups excluding carboxylic acids is 2. The number of ether oxygens (including phenoxy) is 1. The minimum Gasteiger partial charge on any atom is -0.467 e. The van der Waals surface area contributed by atoms with Crippen LogP contribution in [0.25, 0.3) is 0 Å². The summed E-state index contributed by atoms with van der Waals surface area (Å²) < 4.78 is 41.5. The number of ketones is 1. The number of aromatic nitrogens is 2. The van der Waals surface area contributed by atoms with E-state index in [9.17, 15) is 22.8 Å². The molecule has 0 bridgehead atoms. The Balaban J connectivity index is 1.96. The van der Waals surface area contributed by atoms with E-state index in [0.29, 0.717) is 23.2 Å². The summed E-state index contributed by atoms with van der Waals surface area (Å²) in [5.74, 6) is -0.540. The van der Waals surface area contributed by atoms with Crippen molar-refractivity contribution in [1.82, 2.24) is 15.3 Å². The first-order valence-electron chi connectivity index (χ1n) is 8.26. The number of carbonyl (C=O) groups is 2. The molecule has 1 amide bonds. The van der Waals surface area contributed by atoms with Gasteiger partial charge in [0.1, 0.15) is 5.78 Å². The molecule has 0 aliphatic carbocycles. The van der Waals surface area contributed by atoms with Crippen molar-refractivity contribution in [3.8, 4) is 5.88 Å². The van der Waals surface area contributed by atoms with Crippen molar-refractivity contribution in [1.29, 1.82) is 0 Å². The second-order valence-electron chi connectivity index (χ2n) is 5.82. The van der Waals surface area contributed by atoms with Crippen molar-refractivity contribution in [2.45, 2.75) is 32.5 Å². The summed E-state index contributed by atoms with van der Waals surface area (Å²) in [5.41, 5.74) is 1.43. The first kappa shape index (κ1) is 21.8. The van der Waals surface area contributed by atoms with Gasteiger partial charge in [-0.05, 0) is 39.7 Å². The van der Waals surface area contributed by atoms with E-state index in [4.69, 9.17) is 0 Å². The maximum Gasteiger partial charge on any atom is 0.422 e. The summed E-state index contributed by atoms with van der Waals surface area (Å²) in [6.45, 7) is 0.416. The Morgan fingerprint density at radius 1 is 1.25 bits per heavy atom. The van der Waals surface area contributed by atoms with E-state index in [-0.39, 0.29) is 35.0 Å². The van der Waals surface area contributed by atoms with Gasteiger partial charge in [0.2, 0.25) is 5.88 Å². The number of alkyl halides is 3. The Kier molecular flexibility index (Phi) is 7.50. The van der Waals surface area contributed by atoms with Gasteiger partial charge in [-0.2, -0.15) is 13.2 Å². The van der Waals surface area contributed by atoms with Crippen LogP contribution in [0.1, 0.15) is 35.0 Å². The number of hydrogen-bond donors (Lipinski definition) is 1. The lowest BCUT2D eigenvalue weighted by molar-refractivity contribution is -0.154. The minimum absolute atomic E-state index is 0.0221. The molecule has 2 heterocycles. The number of pyridine rings is 2. The molecule has 0 atom stereocenters. The molecule has 28 heavy (non-hydrogen) atoms. The summed E-state index contributed by atoms with van der Waals surface area (Å²) in [7, 11) is 0. The smallest absolute Gasteiger partial charge is 0.422 e. The number of Topliss-reactive ketones (excluding diaryl/α,β-unsaturated/α-hetero) is 1. The van der Waals surface area contributed by atoms with Crippen LogP contribution in [0.15, 0.2) is 35.1 Å². The molecule has 0 aliphatic rings. The van der Waals surface area contributed by atoms with Gasteiger partial charge in [-0.1, -0.05) is 6.92 Å². The molecule has 6 nitrogen and oxygen atoms in total. The van der Waals surface area contributed by atoms with Crippen molar-refractivity contribution in [3.63, 3.8) is 0 Å². The van der Waals surface area contributed by atoms with Crippen molar-refractivity contribution in [2.75, 3.05) is 6.61 Å². The van der Waals surface area contributed by atoms with Crippen LogP contribution in [-0.2, 0) is 17.8 Å². The highest BCUT2D eigenvalue weighted by Gasteiger charge is 2.29. The lowest BCUT2D eigenvalue weighted by Crippen LogP contribution is -2.23. The average Bonchev–Trinajstić information content (AvgIpc) is 2.64. The van der Waals surface area contributed by atoms with Crippen LogP contribution in [-0.4, -0.2) is 34.4 Å². The van der Waals surface area contributed by atoms with Crippen molar-refractivity contribution in [2.24, 2.45) is 0 Å². The van der Waals surface area contributed by atoms with Crippen LogP contribution in [0.2, 0.25) is 0 Å². The largest absolute Gasteiger partial charge is 0.467 e. The first-order valence-corrected chi connectivity index (χ1v) is 9.06. The fourth-order valence-electron chi connectivity index (χ4n) is 2.15. The molecule has 0 saturated heterocycles. The Morgan fingerprint density at radius 3 is 2.64 bits per heavy atom. The zero-order valence-corrected chi connectivity index (χ0v) is 16.4. The quantitative estimate of drug-likeness (QED) is 0.651. The highest BCUT2D eigenvalue weighted by atomic mass is 79.9. The Hall–Kier alpha value is -2.49. The van der Waals surface area contributed by atoms with Crippen molar-refractivity contribution in [3.05, 3.63) is 51.9 Å². The number of halogens is 4. The Bertz CT molecular complexity index is 859. The van der Waals surface area contributed by atoms with Gasteiger partial charge in [0.05, 0.1) is 4.47 Å². The number of nitrogens with one attached hydrogen (secondary N) is 1. The van der Waals surface area contributed by atoms with Crippen LogP contribution in [0.5, 0.6) is 5.88 Å². The van der Waals surface area contributed by atoms with Gasteiger partial charge in [0, 0.05) is 43.0 Å². The summed E-state index contributed by atoms with van der Waals surface area (Å²) in [6.07, 6.45) is -1.14. The molecule has 10 heteroatoms. The fourth-order valence-corrected chi connectivity index (χ4v) is 2.66. The van der Waals surface area contributed by atoms with Crippen LogP contribution in [0.4, 0.5) is 13.2 Å². The molecule has 1 N–H and O–H groups in total. The van der Waals surface area contributed by atoms with Gasteiger partial charge in [-0.15, -0.1) is 0 Å². The number of rotatable bonds is 8. The molecule has 0 fully saturated rings. The van der Waals surface area contributed by atoms with Gasteiger partial charge < -0.3 is 10.1 Å². The fraction of sp³-hybridized carbons (Fsp3) is 0.333. The van der Waals surface area contributed by atoms with E-state index in [1.165, 1.54) is 24.5 Å². The van der Waals surface area contributed by atoms with Gasteiger partial charge >= 0.3 is 6.18 Å². The maximum absolute atomic E-state index is 12.3. The zero-order chi connectivity index (χ0) is 20.7. The third kappa shape index (κ3) is 6.91. The van der Waals surface area contributed by atoms with Crippen LogP contribution in [0, 0.1) is 0 Å². The molecule has 150 valence electrons. The SMILES string of the molecule is CCC(=O)Cc1cc(C(=O)NCc2cnc(OCC(F)(F)F)c(Br)c2)ccn1. The van der Waals surface area contributed by atoms with E-state index in [0.717, 1.165) is 0 Å². The van der Waals surface area contributed by atoms with E-state index in [1.807, 2.05) is 0 Å². The summed E-state index contributed by atoms with van der Waals surface area (Å²) >= 11 is 3.10. The molecule has 2 aromatic rings. The Labute approximate surface area is 167 Å². The highest BCUT2D eigenvalue weighted by molar-refractivity contribution is 9.10. The lowest BCUT2D eigenvalue weighted by atomic mass is 10.1. The maximum atomic E-state index is 12.3. The highest BCUT2D eigenvalue weighted by Crippen LogP contribution is 2.25. The minimum atomic E-state index is -4.46. The van der Waals surface area contributed by atoms with Crippen LogP contribution in [0.3, 0.4) is 0 Å². The van der Waals surface area contributed by atoms with Gasteiger partial charge in [-0.25, -0.2) is 4.98 Å². The van der Waals surface area contributed by atoms with Crippen molar-refractivity contribution < 1.29 is 27.5 Å². The van der Waals surface area contributed by atoms with E-state index in [1.54, 1.807) is 13.0 Å². The number of amides is 1. The summed E-state index contributed by atoms with van der Waals surface area (Å²) in [4.78, 5) is 31.7. The molecule has 0 spiro atoms. The molecule has 0 saturated carbocycles. The first-order chi connectivity index (χ1) is 13.2. The van der Waals surface area contributed by atoms with Crippen LogP contribution >= 0.6 is 15.9 Å². The van der Waals surface area contributed by atoms with E-state index >= 15 is 0 Å². The zero-order valence-electron chi connectivity index (χ0n) is 14.8. The third-order valence-corrected chi connectivity index (χ3v) is 4.11. The third-order valence-electron chi connectivity index (χ3n) is 3.54. The second-order valence-corrected chi connectivity index (χ2v) is 6.68. The second kappa shape index (κ2) is 9.63. The normalized spacial score (nSPS) is 11.2.